The Labute approximate surface area is 122 Å². The molecule has 20 heavy (non-hydrogen) atoms. The molecule has 6 heteroatoms. The maximum atomic E-state index is 12.3. The van der Waals surface area contributed by atoms with E-state index < -0.39 is 17.4 Å². The van der Waals surface area contributed by atoms with Gasteiger partial charge in [-0.3, -0.25) is 9.78 Å². The molecule has 2 unspecified atom stereocenters. The van der Waals surface area contributed by atoms with Gasteiger partial charge in [-0.2, -0.15) is 0 Å². The molecule has 1 amide bonds. The quantitative estimate of drug-likeness (QED) is 0.898. The second kappa shape index (κ2) is 5.79. The van der Waals surface area contributed by atoms with Crippen LogP contribution in [0, 0.1) is 5.92 Å². The molecule has 2 N–H and O–H groups in total. The number of hydrogen-bond acceptors (Lipinski definition) is 3. The Balaban J connectivity index is 2.23. The van der Waals surface area contributed by atoms with Crippen molar-refractivity contribution < 1.29 is 14.7 Å². The fourth-order valence-electron chi connectivity index (χ4n) is 2.76. The maximum Gasteiger partial charge on any atom is 0.329 e. The molecule has 0 aromatic carbocycles. The van der Waals surface area contributed by atoms with Crippen LogP contribution in [0.3, 0.4) is 0 Å². The van der Waals surface area contributed by atoms with E-state index in [0.717, 1.165) is 12.8 Å². The van der Waals surface area contributed by atoms with Crippen molar-refractivity contribution in [1.82, 2.24) is 10.3 Å². The van der Waals surface area contributed by atoms with Gasteiger partial charge in [0.15, 0.2) is 0 Å². The molecule has 1 aromatic heterocycles. The van der Waals surface area contributed by atoms with E-state index in [1.165, 1.54) is 18.5 Å². The maximum absolute atomic E-state index is 12.3. The minimum absolute atomic E-state index is 0.217. The smallest absolute Gasteiger partial charge is 0.329 e. The van der Waals surface area contributed by atoms with Gasteiger partial charge in [0.05, 0.1) is 10.6 Å². The van der Waals surface area contributed by atoms with E-state index in [1.54, 1.807) is 0 Å². The van der Waals surface area contributed by atoms with E-state index in [4.69, 9.17) is 11.6 Å². The fraction of sp³-hybridized carbons (Fsp3) is 0.500. The summed E-state index contributed by atoms with van der Waals surface area (Å²) < 4.78 is 0. The van der Waals surface area contributed by atoms with Gasteiger partial charge in [-0.15, -0.1) is 0 Å². The Morgan fingerprint density at radius 2 is 2.30 bits per heavy atom. The summed E-state index contributed by atoms with van der Waals surface area (Å²) in [5.74, 6) is -1.18. The first-order chi connectivity index (χ1) is 9.44. The van der Waals surface area contributed by atoms with Crippen LogP contribution in [0.15, 0.2) is 18.5 Å². The van der Waals surface area contributed by atoms with Crippen molar-refractivity contribution in [2.75, 3.05) is 0 Å². The lowest BCUT2D eigenvalue weighted by Gasteiger charge is -2.37. The minimum Gasteiger partial charge on any atom is -0.480 e. The van der Waals surface area contributed by atoms with Gasteiger partial charge in [0.2, 0.25) is 0 Å². The Kier molecular flexibility index (Phi) is 4.28. The van der Waals surface area contributed by atoms with Crippen molar-refractivity contribution >= 4 is 23.5 Å². The molecule has 2 rings (SSSR count). The number of aliphatic carboxylic acids is 1. The molecule has 0 bridgehead atoms. The number of carboxylic acids is 1. The summed E-state index contributed by atoms with van der Waals surface area (Å²) in [4.78, 5) is 27.7. The Morgan fingerprint density at radius 3 is 2.90 bits per heavy atom. The number of carboxylic acid groups (broad SMARTS) is 1. The average molecular weight is 297 g/mol. The van der Waals surface area contributed by atoms with E-state index in [1.807, 2.05) is 6.92 Å². The van der Waals surface area contributed by atoms with Crippen molar-refractivity contribution in [3.05, 3.63) is 29.0 Å². The van der Waals surface area contributed by atoms with E-state index in [2.05, 4.69) is 10.3 Å². The molecule has 108 valence electrons. The standard InChI is InChI=1S/C14H17ClN2O3/c1-9-3-2-5-14(7-9,13(19)20)17-12(18)10-4-6-16-8-11(10)15/h4,6,8-9H,2-3,5,7H2,1H3,(H,17,18)(H,19,20). The highest BCUT2D eigenvalue weighted by atomic mass is 35.5. The van der Waals surface area contributed by atoms with E-state index in [9.17, 15) is 14.7 Å². The van der Waals surface area contributed by atoms with Crippen LogP contribution >= 0.6 is 11.6 Å². The third-order valence-electron chi connectivity index (χ3n) is 3.78. The van der Waals surface area contributed by atoms with Crippen LogP contribution in [0.4, 0.5) is 0 Å². The lowest BCUT2D eigenvalue weighted by Crippen LogP contribution is -2.56. The van der Waals surface area contributed by atoms with Crippen molar-refractivity contribution in [3.8, 4) is 0 Å². The summed E-state index contributed by atoms with van der Waals surface area (Å²) in [5, 5.41) is 12.4. The van der Waals surface area contributed by atoms with Crippen LogP contribution < -0.4 is 5.32 Å². The number of aromatic nitrogens is 1. The molecule has 0 radical (unpaired) electrons. The van der Waals surface area contributed by atoms with Gasteiger partial charge < -0.3 is 10.4 Å². The van der Waals surface area contributed by atoms with E-state index in [0.29, 0.717) is 12.8 Å². The van der Waals surface area contributed by atoms with Gasteiger partial charge in [0, 0.05) is 12.4 Å². The molecule has 5 nitrogen and oxygen atoms in total. The third-order valence-corrected chi connectivity index (χ3v) is 4.08. The Bertz CT molecular complexity index is 535. The number of carbonyl (C=O) groups excluding carboxylic acids is 1. The highest BCUT2D eigenvalue weighted by Gasteiger charge is 2.43. The minimum atomic E-state index is -1.19. The Morgan fingerprint density at radius 1 is 1.55 bits per heavy atom. The molecular weight excluding hydrogens is 280 g/mol. The highest BCUT2D eigenvalue weighted by Crippen LogP contribution is 2.33. The summed E-state index contributed by atoms with van der Waals surface area (Å²) in [6, 6.07) is 1.49. The van der Waals surface area contributed by atoms with Gasteiger partial charge in [0.1, 0.15) is 5.54 Å². The first kappa shape index (κ1) is 14.8. The Hall–Kier alpha value is -1.62. The van der Waals surface area contributed by atoms with Crippen LogP contribution in [-0.2, 0) is 4.79 Å². The largest absolute Gasteiger partial charge is 0.480 e. The number of hydrogen-bond donors (Lipinski definition) is 2. The molecule has 2 atom stereocenters. The number of pyridine rings is 1. The summed E-state index contributed by atoms with van der Waals surface area (Å²) in [7, 11) is 0. The second-order valence-electron chi connectivity index (χ2n) is 5.40. The molecule has 0 aliphatic heterocycles. The van der Waals surface area contributed by atoms with Crippen molar-refractivity contribution in [2.24, 2.45) is 5.92 Å². The summed E-state index contributed by atoms with van der Waals surface area (Å²) in [6.07, 6.45) is 5.49. The van der Waals surface area contributed by atoms with Crippen LogP contribution in [0.2, 0.25) is 5.02 Å². The fourth-order valence-corrected chi connectivity index (χ4v) is 2.96. The summed E-state index contributed by atoms with van der Waals surface area (Å²) in [5.41, 5.74) is -0.943. The van der Waals surface area contributed by atoms with Gasteiger partial charge in [-0.25, -0.2) is 4.79 Å². The van der Waals surface area contributed by atoms with Crippen molar-refractivity contribution in [2.45, 2.75) is 38.1 Å². The number of nitrogens with one attached hydrogen (secondary N) is 1. The number of amides is 1. The molecule has 1 aromatic rings. The normalized spacial score (nSPS) is 26.0. The third kappa shape index (κ3) is 2.93. The van der Waals surface area contributed by atoms with Gasteiger partial charge in [-0.05, 0) is 24.8 Å². The highest BCUT2D eigenvalue weighted by molar-refractivity contribution is 6.33. The number of rotatable bonds is 3. The van der Waals surface area contributed by atoms with Crippen LogP contribution in [0.25, 0.3) is 0 Å². The lowest BCUT2D eigenvalue weighted by molar-refractivity contribution is -0.146. The molecule has 1 saturated carbocycles. The van der Waals surface area contributed by atoms with Crippen LogP contribution in [0.1, 0.15) is 43.0 Å². The molecule has 1 heterocycles. The SMILES string of the molecule is CC1CCCC(NC(=O)c2ccncc2Cl)(C(=O)O)C1. The molecule has 1 aliphatic carbocycles. The van der Waals surface area contributed by atoms with Gasteiger partial charge >= 0.3 is 5.97 Å². The number of carbonyl (C=O) groups is 2. The number of halogens is 1. The van der Waals surface area contributed by atoms with Crippen LogP contribution in [-0.4, -0.2) is 27.5 Å². The zero-order chi connectivity index (χ0) is 14.8. The summed E-state index contributed by atoms with van der Waals surface area (Å²) in [6.45, 7) is 2.00. The molecular formula is C14H17ClN2O3. The summed E-state index contributed by atoms with van der Waals surface area (Å²) >= 11 is 5.92. The van der Waals surface area contributed by atoms with E-state index in [-0.39, 0.29) is 16.5 Å². The molecule has 1 fully saturated rings. The van der Waals surface area contributed by atoms with Crippen LogP contribution in [0.5, 0.6) is 0 Å². The number of nitrogens with zero attached hydrogens (tertiary/aromatic N) is 1. The van der Waals surface area contributed by atoms with Crippen molar-refractivity contribution in [1.29, 1.82) is 0 Å². The molecule has 1 aliphatic rings. The van der Waals surface area contributed by atoms with Crippen molar-refractivity contribution in [3.63, 3.8) is 0 Å². The zero-order valence-corrected chi connectivity index (χ0v) is 12.0. The molecule has 0 saturated heterocycles. The average Bonchev–Trinajstić information content (AvgIpc) is 2.38. The first-order valence-corrected chi connectivity index (χ1v) is 6.98. The zero-order valence-electron chi connectivity index (χ0n) is 11.2. The second-order valence-corrected chi connectivity index (χ2v) is 5.81. The predicted octanol–water partition coefficient (Wildman–Crippen LogP) is 2.50. The van der Waals surface area contributed by atoms with E-state index >= 15 is 0 Å². The molecule has 0 spiro atoms. The monoisotopic (exact) mass is 296 g/mol. The van der Waals surface area contributed by atoms with Gasteiger partial charge in [-0.1, -0.05) is 31.4 Å². The predicted molar refractivity (Wildman–Crippen MR) is 74.7 cm³/mol. The topological polar surface area (TPSA) is 79.3 Å². The van der Waals surface area contributed by atoms with Gasteiger partial charge in [0.25, 0.3) is 5.91 Å². The lowest BCUT2D eigenvalue weighted by atomic mass is 9.76. The first-order valence-electron chi connectivity index (χ1n) is 6.60.